The number of benzene rings is 1. The summed E-state index contributed by atoms with van der Waals surface area (Å²) in [5.74, 6) is -0.0437. The van der Waals surface area contributed by atoms with Gasteiger partial charge in [0.1, 0.15) is 0 Å². The molecular formula is C12H18N2O4. The van der Waals surface area contributed by atoms with Gasteiger partial charge in [0.2, 0.25) is 0 Å². The molecular weight excluding hydrogens is 236 g/mol. The molecule has 0 aliphatic carbocycles. The summed E-state index contributed by atoms with van der Waals surface area (Å²) in [5, 5.41) is 20.7. The molecule has 0 aliphatic rings. The van der Waals surface area contributed by atoms with Crippen LogP contribution in [0.5, 0.6) is 11.5 Å². The minimum Gasteiger partial charge on any atom is -0.504 e. The molecule has 1 aromatic rings. The van der Waals surface area contributed by atoms with Gasteiger partial charge in [0.25, 0.3) is 5.69 Å². The summed E-state index contributed by atoms with van der Waals surface area (Å²) in [6.45, 7) is 2.03. The Balaban J connectivity index is 3.15. The van der Waals surface area contributed by atoms with Crippen LogP contribution in [0.4, 0.5) is 5.69 Å². The maximum Gasteiger partial charge on any atom is 0.273 e. The third-order valence-electron chi connectivity index (χ3n) is 2.79. The molecule has 6 heteroatoms. The van der Waals surface area contributed by atoms with Gasteiger partial charge in [-0.1, -0.05) is 19.8 Å². The number of phenolic OH excluding ortho intramolecular Hbond substituents is 1. The molecule has 0 spiro atoms. The van der Waals surface area contributed by atoms with Crippen LogP contribution in [0.2, 0.25) is 0 Å². The van der Waals surface area contributed by atoms with Gasteiger partial charge < -0.3 is 15.6 Å². The molecule has 1 aromatic carbocycles. The minimum atomic E-state index is -0.530. The smallest absolute Gasteiger partial charge is 0.273 e. The van der Waals surface area contributed by atoms with E-state index in [1.54, 1.807) is 0 Å². The van der Waals surface area contributed by atoms with E-state index in [1.807, 2.05) is 6.92 Å². The van der Waals surface area contributed by atoms with Crippen molar-refractivity contribution in [1.82, 2.24) is 0 Å². The number of nitrogens with zero attached hydrogens (tertiary/aromatic N) is 1. The van der Waals surface area contributed by atoms with Crippen LogP contribution < -0.4 is 10.5 Å². The number of aromatic hydroxyl groups is 1. The molecule has 0 heterocycles. The van der Waals surface area contributed by atoms with Crippen LogP contribution in [0.15, 0.2) is 12.1 Å². The Bertz CT molecular complexity index is 434. The Morgan fingerprint density at radius 1 is 1.56 bits per heavy atom. The van der Waals surface area contributed by atoms with E-state index in [2.05, 4.69) is 0 Å². The number of unbranched alkanes of at least 4 members (excludes halogenated alkanes) is 1. The molecule has 100 valence electrons. The maximum absolute atomic E-state index is 10.8. The third kappa shape index (κ3) is 3.10. The van der Waals surface area contributed by atoms with Crippen LogP contribution in [-0.4, -0.2) is 17.1 Å². The van der Waals surface area contributed by atoms with Crippen LogP contribution in [-0.2, 0) is 0 Å². The Kier molecular flexibility index (Phi) is 4.91. The topological polar surface area (TPSA) is 98.6 Å². The van der Waals surface area contributed by atoms with Gasteiger partial charge in [0, 0.05) is 17.7 Å². The standard InChI is InChI=1S/C12H18N2O4/c1-3-4-5-10(13)9-6-8(14(16)17)7-11(18-2)12(9)15/h6-7,10,15H,3-5,13H2,1-2H3/t10-/m1/s1. The minimum absolute atomic E-state index is 0.0751. The SMILES string of the molecule is CCCC[C@@H](N)c1cc([N+](=O)[O-])cc(OC)c1O. The molecule has 0 bridgehead atoms. The fraction of sp³-hybridized carbons (Fsp3) is 0.500. The number of methoxy groups -OCH3 is 1. The number of nitro benzene ring substituents is 1. The number of ether oxygens (including phenoxy) is 1. The van der Waals surface area contributed by atoms with Crippen LogP contribution in [0.25, 0.3) is 0 Å². The molecule has 0 saturated carbocycles. The monoisotopic (exact) mass is 254 g/mol. The zero-order valence-corrected chi connectivity index (χ0v) is 10.5. The van der Waals surface area contributed by atoms with Crippen molar-refractivity contribution >= 4 is 5.69 Å². The predicted octanol–water partition coefficient (Wildman–Crippen LogP) is 2.50. The highest BCUT2D eigenvalue weighted by atomic mass is 16.6. The number of hydrogen-bond acceptors (Lipinski definition) is 5. The zero-order chi connectivity index (χ0) is 13.7. The third-order valence-corrected chi connectivity index (χ3v) is 2.79. The molecule has 0 amide bonds. The predicted molar refractivity (Wildman–Crippen MR) is 67.8 cm³/mol. The zero-order valence-electron chi connectivity index (χ0n) is 10.5. The Labute approximate surface area is 106 Å². The van der Waals surface area contributed by atoms with Crippen LogP contribution in [0.1, 0.15) is 37.8 Å². The van der Waals surface area contributed by atoms with Gasteiger partial charge in [-0.25, -0.2) is 0 Å². The number of hydrogen-bond donors (Lipinski definition) is 2. The van der Waals surface area contributed by atoms with Gasteiger partial charge in [0.15, 0.2) is 11.5 Å². The normalized spacial score (nSPS) is 12.2. The van der Waals surface area contributed by atoms with Crippen LogP contribution >= 0.6 is 0 Å². The van der Waals surface area contributed by atoms with Gasteiger partial charge in [-0.2, -0.15) is 0 Å². The van der Waals surface area contributed by atoms with E-state index in [1.165, 1.54) is 19.2 Å². The molecule has 0 unspecified atom stereocenters. The Morgan fingerprint density at radius 3 is 2.72 bits per heavy atom. The van der Waals surface area contributed by atoms with E-state index in [0.29, 0.717) is 12.0 Å². The van der Waals surface area contributed by atoms with Gasteiger partial charge in [0.05, 0.1) is 18.1 Å². The first kappa shape index (κ1) is 14.2. The molecule has 0 aliphatic heterocycles. The van der Waals surface area contributed by atoms with Crippen molar-refractivity contribution in [1.29, 1.82) is 0 Å². The summed E-state index contributed by atoms with van der Waals surface area (Å²) >= 11 is 0. The summed E-state index contributed by atoms with van der Waals surface area (Å²) in [5.41, 5.74) is 6.16. The highest BCUT2D eigenvalue weighted by molar-refractivity contribution is 5.54. The molecule has 0 saturated heterocycles. The molecule has 3 N–H and O–H groups in total. The molecule has 1 atom stereocenters. The molecule has 6 nitrogen and oxygen atoms in total. The lowest BCUT2D eigenvalue weighted by Crippen LogP contribution is -2.11. The Morgan fingerprint density at radius 2 is 2.22 bits per heavy atom. The number of nitrogens with two attached hydrogens (primary N) is 1. The van der Waals surface area contributed by atoms with E-state index in [-0.39, 0.29) is 17.2 Å². The lowest BCUT2D eigenvalue weighted by atomic mass is 10.00. The van der Waals surface area contributed by atoms with Crippen LogP contribution in [0.3, 0.4) is 0 Å². The van der Waals surface area contributed by atoms with Gasteiger partial charge >= 0.3 is 0 Å². The highest BCUT2D eigenvalue weighted by Crippen LogP contribution is 2.38. The van der Waals surface area contributed by atoms with E-state index in [0.717, 1.165) is 12.8 Å². The largest absolute Gasteiger partial charge is 0.504 e. The van der Waals surface area contributed by atoms with Crippen molar-refractivity contribution < 1.29 is 14.8 Å². The number of nitro groups is 1. The van der Waals surface area contributed by atoms with E-state index < -0.39 is 11.0 Å². The van der Waals surface area contributed by atoms with E-state index >= 15 is 0 Å². The Hall–Kier alpha value is -1.82. The molecule has 1 rings (SSSR count). The number of phenols is 1. The average Bonchev–Trinajstić information content (AvgIpc) is 2.35. The first-order valence-electron chi connectivity index (χ1n) is 5.82. The maximum atomic E-state index is 10.8. The van der Waals surface area contributed by atoms with Gasteiger partial charge in [-0.3, -0.25) is 10.1 Å². The first-order valence-corrected chi connectivity index (χ1v) is 5.82. The first-order chi connectivity index (χ1) is 8.51. The summed E-state index contributed by atoms with van der Waals surface area (Å²) in [6, 6.07) is 2.06. The molecule has 18 heavy (non-hydrogen) atoms. The van der Waals surface area contributed by atoms with Crippen molar-refractivity contribution in [2.45, 2.75) is 32.2 Å². The fourth-order valence-electron chi connectivity index (χ4n) is 1.74. The summed E-state index contributed by atoms with van der Waals surface area (Å²) < 4.78 is 4.92. The molecule has 0 fully saturated rings. The fourth-order valence-corrected chi connectivity index (χ4v) is 1.74. The lowest BCUT2D eigenvalue weighted by molar-refractivity contribution is -0.385. The quantitative estimate of drug-likeness (QED) is 0.600. The second-order valence-electron chi connectivity index (χ2n) is 4.09. The van der Waals surface area contributed by atoms with Crippen molar-refractivity contribution in [3.63, 3.8) is 0 Å². The van der Waals surface area contributed by atoms with Crippen molar-refractivity contribution in [3.05, 3.63) is 27.8 Å². The number of non-ortho nitro benzene ring substituents is 1. The van der Waals surface area contributed by atoms with Crippen molar-refractivity contribution in [3.8, 4) is 11.5 Å². The second-order valence-corrected chi connectivity index (χ2v) is 4.09. The second kappa shape index (κ2) is 6.20. The summed E-state index contributed by atoms with van der Waals surface area (Å²) in [4.78, 5) is 10.3. The molecule has 0 radical (unpaired) electrons. The van der Waals surface area contributed by atoms with Crippen molar-refractivity contribution in [2.24, 2.45) is 5.73 Å². The van der Waals surface area contributed by atoms with Gasteiger partial charge in [-0.15, -0.1) is 0 Å². The lowest BCUT2D eigenvalue weighted by Gasteiger charge is -2.15. The van der Waals surface area contributed by atoms with Crippen LogP contribution in [0, 0.1) is 10.1 Å². The summed E-state index contributed by atoms with van der Waals surface area (Å²) in [7, 11) is 1.35. The highest BCUT2D eigenvalue weighted by Gasteiger charge is 2.20. The van der Waals surface area contributed by atoms with Crippen molar-refractivity contribution in [2.75, 3.05) is 7.11 Å². The number of rotatable bonds is 6. The van der Waals surface area contributed by atoms with E-state index in [4.69, 9.17) is 10.5 Å². The molecule has 0 aromatic heterocycles. The van der Waals surface area contributed by atoms with E-state index in [9.17, 15) is 15.2 Å². The summed E-state index contributed by atoms with van der Waals surface area (Å²) in [6.07, 6.45) is 2.53. The average molecular weight is 254 g/mol. The van der Waals surface area contributed by atoms with Gasteiger partial charge in [-0.05, 0) is 6.42 Å².